The van der Waals surface area contributed by atoms with Gasteiger partial charge in [-0.2, -0.15) is 0 Å². The molecule has 0 saturated heterocycles. The zero-order chi connectivity index (χ0) is 13.8. The lowest BCUT2D eigenvalue weighted by molar-refractivity contribution is -0.274. The lowest BCUT2D eigenvalue weighted by Crippen LogP contribution is -2.17. The van der Waals surface area contributed by atoms with Crippen LogP contribution in [0, 0.1) is 5.41 Å². The Balaban J connectivity index is 2.55. The van der Waals surface area contributed by atoms with E-state index in [0.717, 1.165) is 6.42 Å². The molecule has 1 rings (SSSR count). The van der Waals surface area contributed by atoms with E-state index in [2.05, 4.69) is 30.8 Å². The number of alkyl halides is 3. The number of ether oxygens (including phenoxy) is 1. The summed E-state index contributed by atoms with van der Waals surface area (Å²) in [5.74, 6) is -0.205. The average Bonchev–Trinajstić information content (AvgIpc) is 2.13. The summed E-state index contributed by atoms with van der Waals surface area (Å²) in [5.41, 5.74) is 0.814. The van der Waals surface area contributed by atoms with E-state index in [4.69, 9.17) is 0 Å². The normalized spacial score (nSPS) is 12.3. The van der Waals surface area contributed by atoms with Gasteiger partial charge in [0, 0.05) is 18.3 Å². The molecule has 0 saturated carbocycles. The zero-order valence-corrected chi connectivity index (χ0v) is 10.8. The van der Waals surface area contributed by atoms with Gasteiger partial charge >= 0.3 is 6.36 Å². The van der Waals surface area contributed by atoms with Gasteiger partial charge in [-0.25, -0.2) is 0 Å². The predicted molar refractivity (Wildman–Crippen MR) is 65.7 cm³/mol. The fraction of sp³-hybridized carbons (Fsp3) is 0.538. The third kappa shape index (κ3) is 6.37. The second-order valence-corrected chi connectivity index (χ2v) is 5.31. The summed E-state index contributed by atoms with van der Waals surface area (Å²) in [6.45, 7) is 7.03. The van der Waals surface area contributed by atoms with Crippen LogP contribution in [-0.4, -0.2) is 12.9 Å². The number of hydrogen-bond acceptors (Lipinski definition) is 2. The molecule has 0 radical (unpaired) electrons. The molecule has 0 bridgehead atoms. The smallest absolute Gasteiger partial charge is 0.406 e. The van der Waals surface area contributed by atoms with Crippen molar-refractivity contribution in [2.24, 2.45) is 5.41 Å². The molecule has 1 N–H and O–H groups in total. The summed E-state index contributed by atoms with van der Waals surface area (Å²) in [4.78, 5) is 0. The van der Waals surface area contributed by atoms with E-state index in [-0.39, 0.29) is 11.2 Å². The van der Waals surface area contributed by atoms with Gasteiger partial charge in [-0.15, -0.1) is 13.2 Å². The first-order valence-electron chi connectivity index (χ1n) is 5.75. The largest absolute Gasteiger partial charge is 0.573 e. The maximum atomic E-state index is 12.0. The second kappa shape index (κ2) is 5.50. The highest BCUT2D eigenvalue weighted by Crippen LogP contribution is 2.25. The Morgan fingerprint density at radius 3 is 2.39 bits per heavy atom. The van der Waals surface area contributed by atoms with E-state index >= 15 is 0 Å². The Morgan fingerprint density at radius 2 is 1.83 bits per heavy atom. The standard InChI is InChI=1S/C13H18F3NO/c1-12(2,3)7-8-17-10-5-4-6-11(9-10)18-13(14,15)16/h4-6,9,17H,7-8H2,1-3H3. The molecule has 102 valence electrons. The lowest BCUT2D eigenvalue weighted by Gasteiger charge is -2.18. The van der Waals surface area contributed by atoms with Gasteiger partial charge in [0.2, 0.25) is 0 Å². The van der Waals surface area contributed by atoms with E-state index in [1.165, 1.54) is 18.2 Å². The van der Waals surface area contributed by atoms with Crippen molar-refractivity contribution in [1.82, 2.24) is 0 Å². The van der Waals surface area contributed by atoms with Crippen LogP contribution in [0.1, 0.15) is 27.2 Å². The number of anilines is 1. The molecule has 5 heteroatoms. The van der Waals surface area contributed by atoms with Gasteiger partial charge in [0.15, 0.2) is 0 Å². The summed E-state index contributed by atoms with van der Waals surface area (Å²) < 4.78 is 40.0. The monoisotopic (exact) mass is 261 g/mol. The molecule has 0 aromatic heterocycles. The van der Waals surface area contributed by atoms with E-state index in [1.54, 1.807) is 6.07 Å². The fourth-order valence-corrected chi connectivity index (χ4v) is 1.39. The van der Waals surface area contributed by atoms with Crippen LogP contribution in [0.15, 0.2) is 24.3 Å². The van der Waals surface area contributed by atoms with Crippen LogP contribution in [0.5, 0.6) is 5.75 Å². The number of halogens is 3. The summed E-state index contributed by atoms with van der Waals surface area (Å²) in [6, 6.07) is 5.87. The van der Waals surface area contributed by atoms with Crippen molar-refractivity contribution in [1.29, 1.82) is 0 Å². The molecule has 0 aliphatic rings. The highest BCUT2D eigenvalue weighted by molar-refractivity contribution is 5.48. The average molecular weight is 261 g/mol. The van der Waals surface area contributed by atoms with Crippen LogP contribution in [0.2, 0.25) is 0 Å². The van der Waals surface area contributed by atoms with Gasteiger partial charge in [-0.1, -0.05) is 26.8 Å². The van der Waals surface area contributed by atoms with E-state index in [0.29, 0.717) is 12.2 Å². The fourth-order valence-electron chi connectivity index (χ4n) is 1.39. The maximum Gasteiger partial charge on any atom is 0.573 e. The van der Waals surface area contributed by atoms with Crippen molar-refractivity contribution < 1.29 is 17.9 Å². The van der Waals surface area contributed by atoms with Gasteiger partial charge in [0.25, 0.3) is 0 Å². The first-order chi connectivity index (χ1) is 8.16. The van der Waals surface area contributed by atoms with Gasteiger partial charge in [0.1, 0.15) is 5.75 Å². The van der Waals surface area contributed by atoms with Crippen LogP contribution in [0.3, 0.4) is 0 Å². The Morgan fingerprint density at radius 1 is 1.17 bits per heavy atom. The van der Waals surface area contributed by atoms with E-state index in [9.17, 15) is 13.2 Å². The van der Waals surface area contributed by atoms with Crippen LogP contribution in [0.4, 0.5) is 18.9 Å². The molecule has 0 amide bonds. The molecule has 18 heavy (non-hydrogen) atoms. The molecule has 0 spiro atoms. The lowest BCUT2D eigenvalue weighted by atomic mass is 9.92. The zero-order valence-electron chi connectivity index (χ0n) is 10.8. The van der Waals surface area contributed by atoms with Crippen molar-refractivity contribution in [3.63, 3.8) is 0 Å². The number of hydrogen-bond donors (Lipinski definition) is 1. The minimum absolute atomic E-state index is 0.188. The van der Waals surface area contributed by atoms with Crippen molar-refractivity contribution in [3.8, 4) is 5.75 Å². The Hall–Kier alpha value is -1.39. The molecular weight excluding hydrogens is 243 g/mol. The van der Waals surface area contributed by atoms with Crippen molar-refractivity contribution >= 4 is 5.69 Å². The van der Waals surface area contributed by atoms with Crippen LogP contribution in [0.25, 0.3) is 0 Å². The second-order valence-electron chi connectivity index (χ2n) is 5.31. The Bertz CT molecular complexity index is 383. The van der Waals surface area contributed by atoms with Crippen LogP contribution < -0.4 is 10.1 Å². The molecule has 2 nitrogen and oxygen atoms in total. The van der Waals surface area contributed by atoms with Crippen LogP contribution >= 0.6 is 0 Å². The predicted octanol–water partition coefficient (Wildman–Crippen LogP) is 4.43. The number of rotatable bonds is 4. The molecule has 0 heterocycles. The van der Waals surface area contributed by atoms with Gasteiger partial charge < -0.3 is 10.1 Å². The first kappa shape index (κ1) is 14.7. The molecular formula is C13H18F3NO. The summed E-state index contributed by atoms with van der Waals surface area (Å²) in [5, 5.41) is 3.08. The van der Waals surface area contributed by atoms with Gasteiger partial charge in [0.05, 0.1) is 0 Å². The topological polar surface area (TPSA) is 21.3 Å². The number of nitrogens with one attached hydrogen (secondary N) is 1. The molecule has 1 aromatic rings. The summed E-state index contributed by atoms with van der Waals surface area (Å²) >= 11 is 0. The highest BCUT2D eigenvalue weighted by Gasteiger charge is 2.31. The molecule has 1 aromatic carbocycles. The summed E-state index contributed by atoms with van der Waals surface area (Å²) in [6.07, 6.45) is -3.72. The summed E-state index contributed by atoms with van der Waals surface area (Å²) in [7, 11) is 0. The van der Waals surface area contributed by atoms with Gasteiger partial charge in [-0.05, 0) is 24.0 Å². The number of benzene rings is 1. The Kier molecular flexibility index (Phi) is 4.48. The van der Waals surface area contributed by atoms with Crippen LogP contribution in [-0.2, 0) is 0 Å². The molecule has 0 atom stereocenters. The molecule has 0 aliphatic heterocycles. The Labute approximate surface area is 105 Å². The SMILES string of the molecule is CC(C)(C)CCNc1cccc(OC(F)(F)F)c1. The third-order valence-electron chi connectivity index (χ3n) is 2.27. The maximum absolute atomic E-state index is 12.0. The molecule has 0 aliphatic carbocycles. The minimum atomic E-state index is -4.65. The minimum Gasteiger partial charge on any atom is -0.406 e. The van der Waals surface area contributed by atoms with E-state index in [1.807, 2.05) is 0 Å². The highest BCUT2D eigenvalue weighted by atomic mass is 19.4. The van der Waals surface area contributed by atoms with E-state index < -0.39 is 6.36 Å². The molecule has 0 fully saturated rings. The first-order valence-corrected chi connectivity index (χ1v) is 5.75. The van der Waals surface area contributed by atoms with Crippen molar-refractivity contribution in [2.45, 2.75) is 33.6 Å². The molecule has 0 unspecified atom stereocenters. The van der Waals surface area contributed by atoms with Crippen molar-refractivity contribution in [3.05, 3.63) is 24.3 Å². The quantitative estimate of drug-likeness (QED) is 0.865. The van der Waals surface area contributed by atoms with Crippen molar-refractivity contribution in [2.75, 3.05) is 11.9 Å². The van der Waals surface area contributed by atoms with Gasteiger partial charge in [-0.3, -0.25) is 0 Å². The third-order valence-corrected chi connectivity index (χ3v) is 2.27.